The highest BCUT2D eigenvalue weighted by Gasteiger charge is 2.08. The van der Waals surface area contributed by atoms with Gasteiger partial charge < -0.3 is 24.5 Å². The molecule has 19 heavy (non-hydrogen) atoms. The fourth-order valence-electron chi connectivity index (χ4n) is 1.62. The fourth-order valence-corrected chi connectivity index (χ4v) is 1.62. The van der Waals surface area contributed by atoms with Gasteiger partial charge in [-0.2, -0.15) is 0 Å². The number of hydrogen-bond donors (Lipinski definition) is 2. The third kappa shape index (κ3) is 6.63. The molecule has 0 amide bonds. The van der Waals surface area contributed by atoms with Crippen LogP contribution in [0.1, 0.15) is 12.7 Å². The molecule has 0 radical (unpaired) electrons. The Hall–Kier alpha value is -1.02. The Kier molecular flexibility index (Phi) is 7.57. The molecule has 0 aliphatic carbocycles. The van der Waals surface area contributed by atoms with E-state index < -0.39 is 6.10 Å². The van der Waals surface area contributed by atoms with E-state index in [-0.39, 0.29) is 6.10 Å². The summed E-state index contributed by atoms with van der Waals surface area (Å²) in [6.07, 6.45) is 1.94. The van der Waals surface area contributed by atoms with Crippen LogP contribution in [0, 0.1) is 0 Å². The highest BCUT2D eigenvalue weighted by atomic mass is 16.5. The third-order valence-corrected chi connectivity index (χ3v) is 2.68. The molecule has 0 saturated heterocycles. The average molecular weight is 272 g/mol. The van der Waals surface area contributed by atoms with Crippen LogP contribution in [-0.4, -0.2) is 65.5 Å². The number of methoxy groups -OCH3 is 1. The summed E-state index contributed by atoms with van der Waals surface area (Å²) in [5.74, 6) is 0.923. The molecule has 1 aromatic heterocycles. The minimum atomic E-state index is -0.515. The molecule has 1 heterocycles. The molecule has 0 aliphatic rings. The van der Waals surface area contributed by atoms with E-state index in [1.807, 2.05) is 18.5 Å². The van der Waals surface area contributed by atoms with Crippen molar-refractivity contribution < 1.29 is 14.6 Å². The normalized spacial score (nSPS) is 14.5. The zero-order valence-corrected chi connectivity index (χ0v) is 11.9. The standard InChI is InChI=1S/C12H24N4O3/c1-10(7-18-3)19-8-11(17)6-13-5-4-12-15-14-9-16(12)2/h9-11,13,17H,4-8H2,1-3H3. The predicted octanol–water partition coefficient (Wildman–Crippen LogP) is -0.640. The van der Waals surface area contributed by atoms with Crippen molar-refractivity contribution in [2.75, 3.05) is 33.4 Å². The predicted molar refractivity (Wildman–Crippen MR) is 70.9 cm³/mol. The summed E-state index contributed by atoms with van der Waals surface area (Å²) in [5, 5.41) is 20.7. The van der Waals surface area contributed by atoms with Crippen LogP contribution in [0.2, 0.25) is 0 Å². The van der Waals surface area contributed by atoms with Crippen molar-refractivity contribution in [3.05, 3.63) is 12.2 Å². The second kappa shape index (κ2) is 8.98. The quantitative estimate of drug-likeness (QED) is 0.551. The minimum absolute atomic E-state index is 0.00158. The van der Waals surface area contributed by atoms with Gasteiger partial charge in [0.15, 0.2) is 0 Å². The summed E-state index contributed by atoms with van der Waals surface area (Å²) < 4.78 is 12.3. The Labute approximate surface area is 113 Å². The van der Waals surface area contributed by atoms with Crippen LogP contribution in [0.5, 0.6) is 0 Å². The first-order chi connectivity index (χ1) is 9.13. The minimum Gasteiger partial charge on any atom is -0.389 e. The second-order valence-corrected chi connectivity index (χ2v) is 4.57. The molecule has 0 saturated carbocycles. The summed E-state index contributed by atoms with van der Waals surface area (Å²) >= 11 is 0. The number of aromatic nitrogens is 3. The first-order valence-electron chi connectivity index (χ1n) is 6.45. The number of nitrogens with one attached hydrogen (secondary N) is 1. The first-order valence-corrected chi connectivity index (χ1v) is 6.45. The topological polar surface area (TPSA) is 81.4 Å². The van der Waals surface area contributed by atoms with E-state index in [1.165, 1.54) is 0 Å². The second-order valence-electron chi connectivity index (χ2n) is 4.57. The van der Waals surface area contributed by atoms with Crippen LogP contribution in [0.4, 0.5) is 0 Å². The Morgan fingerprint density at radius 2 is 2.26 bits per heavy atom. The Morgan fingerprint density at radius 3 is 2.89 bits per heavy atom. The molecule has 0 fully saturated rings. The molecule has 2 atom stereocenters. The number of nitrogens with zero attached hydrogens (tertiary/aromatic N) is 3. The molecule has 1 rings (SSSR count). The van der Waals surface area contributed by atoms with Crippen molar-refractivity contribution >= 4 is 0 Å². The summed E-state index contributed by atoms with van der Waals surface area (Å²) in [7, 11) is 3.54. The molecule has 2 N–H and O–H groups in total. The molecular formula is C12H24N4O3. The zero-order valence-electron chi connectivity index (χ0n) is 11.9. The van der Waals surface area contributed by atoms with Gasteiger partial charge in [-0.05, 0) is 6.92 Å². The van der Waals surface area contributed by atoms with Gasteiger partial charge in [-0.1, -0.05) is 0 Å². The van der Waals surface area contributed by atoms with Crippen molar-refractivity contribution in [1.29, 1.82) is 0 Å². The maximum absolute atomic E-state index is 9.72. The van der Waals surface area contributed by atoms with Crippen LogP contribution in [0.3, 0.4) is 0 Å². The van der Waals surface area contributed by atoms with E-state index in [0.29, 0.717) is 19.8 Å². The number of hydrogen-bond acceptors (Lipinski definition) is 6. The van der Waals surface area contributed by atoms with Gasteiger partial charge in [0, 0.05) is 33.7 Å². The molecule has 0 spiro atoms. The first kappa shape index (κ1) is 16.0. The lowest BCUT2D eigenvalue weighted by atomic mass is 10.3. The van der Waals surface area contributed by atoms with Crippen molar-refractivity contribution in [3.8, 4) is 0 Å². The molecule has 0 bridgehead atoms. The average Bonchev–Trinajstić information content (AvgIpc) is 2.78. The van der Waals surface area contributed by atoms with Crippen molar-refractivity contribution in [2.24, 2.45) is 7.05 Å². The summed E-state index contributed by atoms with van der Waals surface area (Å²) in [5.41, 5.74) is 0. The van der Waals surface area contributed by atoms with Crippen LogP contribution < -0.4 is 5.32 Å². The lowest BCUT2D eigenvalue weighted by molar-refractivity contribution is -0.0310. The molecule has 1 aromatic rings. The van der Waals surface area contributed by atoms with Crippen molar-refractivity contribution in [1.82, 2.24) is 20.1 Å². The fraction of sp³-hybridized carbons (Fsp3) is 0.833. The Balaban J connectivity index is 2.04. The van der Waals surface area contributed by atoms with Gasteiger partial charge in [0.05, 0.1) is 25.4 Å². The molecular weight excluding hydrogens is 248 g/mol. The van der Waals surface area contributed by atoms with Gasteiger partial charge in [-0.3, -0.25) is 0 Å². The van der Waals surface area contributed by atoms with Gasteiger partial charge in [-0.15, -0.1) is 10.2 Å². The molecule has 2 unspecified atom stereocenters. The van der Waals surface area contributed by atoms with Crippen molar-refractivity contribution in [3.63, 3.8) is 0 Å². The maximum Gasteiger partial charge on any atom is 0.133 e. The lowest BCUT2D eigenvalue weighted by Crippen LogP contribution is -2.33. The zero-order chi connectivity index (χ0) is 14.1. The van der Waals surface area contributed by atoms with Crippen LogP contribution >= 0.6 is 0 Å². The van der Waals surface area contributed by atoms with E-state index >= 15 is 0 Å². The Morgan fingerprint density at radius 1 is 1.47 bits per heavy atom. The summed E-state index contributed by atoms with van der Waals surface area (Å²) in [6.45, 7) is 4.00. The lowest BCUT2D eigenvalue weighted by Gasteiger charge is -2.16. The SMILES string of the molecule is COCC(C)OCC(O)CNCCc1nncn1C. The summed E-state index contributed by atoms with van der Waals surface area (Å²) in [6, 6.07) is 0. The number of ether oxygens (including phenoxy) is 2. The largest absolute Gasteiger partial charge is 0.389 e. The monoisotopic (exact) mass is 272 g/mol. The number of aliphatic hydroxyl groups excluding tert-OH is 1. The number of rotatable bonds is 10. The molecule has 110 valence electrons. The highest BCUT2D eigenvalue weighted by molar-refractivity contribution is 4.84. The van der Waals surface area contributed by atoms with Gasteiger partial charge >= 0.3 is 0 Å². The van der Waals surface area contributed by atoms with Gasteiger partial charge in [-0.25, -0.2) is 0 Å². The van der Waals surface area contributed by atoms with E-state index in [1.54, 1.807) is 13.4 Å². The van der Waals surface area contributed by atoms with Crippen LogP contribution in [0.15, 0.2) is 6.33 Å². The van der Waals surface area contributed by atoms with Crippen LogP contribution in [-0.2, 0) is 22.9 Å². The molecule has 0 aromatic carbocycles. The van der Waals surface area contributed by atoms with Crippen molar-refractivity contribution in [2.45, 2.75) is 25.6 Å². The van der Waals surface area contributed by atoms with E-state index in [4.69, 9.17) is 9.47 Å². The maximum atomic E-state index is 9.72. The highest BCUT2D eigenvalue weighted by Crippen LogP contribution is 1.94. The number of aliphatic hydroxyl groups is 1. The van der Waals surface area contributed by atoms with E-state index in [2.05, 4.69) is 15.5 Å². The summed E-state index contributed by atoms with van der Waals surface area (Å²) in [4.78, 5) is 0. The van der Waals surface area contributed by atoms with E-state index in [9.17, 15) is 5.11 Å². The third-order valence-electron chi connectivity index (χ3n) is 2.68. The smallest absolute Gasteiger partial charge is 0.133 e. The Bertz CT molecular complexity index is 345. The van der Waals surface area contributed by atoms with Crippen LogP contribution in [0.25, 0.3) is 0 Å². The molecule has 0 aliphatic heterocycles. The van der Waals surface area contributed by atoms with Gasteiger partial charge in [0.2, 0.25) is 0 Å². The van der Waals surface area contributed by atoms with Gasteiger partial charge in [0.25, 0.3) is 0 Å². The number of aryl methyl sites for hydroxylation is 1. The van der Waals surface area contributed by atoms with E-state index in [0.717, 1.165) is 18.8 Å². The van der Waals surface area contributed by atoms with Gasteiger partial charge in [0.1, 0.15) is 12.2 Å². The molecule has 7 heteroatoms. The molecule has 7 nitrogen and oxygen atoms in total.